The summed E-state index contributed by atoms with van der Waals surface area (Å²) in [6.45, 7) is 2.55. The molecule has 2 N–H and O–H groups in total. The average Bonchev–Trinajstić information content (AvgIpc) is 3.19. The molecule has 3 rings (SSSR count). The quantitative estimate of drug-likeness (QED) is 0.826. The first kappa shape index (κ1) is 15.8. The van der Waals surface area contributed by atoms with Crippen molar-refractivity contribution in [2.45, 2.75) is 69.9 Å². The molecule has 0 spiro atoms. The number of likely N-dealkylation sites (tertiary alicyclic amines) is 1. The van der Waals surface area contributed by atoms with Crippen LogP contribution in [-0.2, 0) is 9.59 Å². The van der Waals surface area contributed by atoms with Gasteiger partial charge in [0.15, 0.2) is 0 Å². The second-order valence-electron chi connectivity index (χ2n) is 7.17. The van der Waals surface area contributed by atoms with Gasteiger partial charge in [0.25, 0.3) is 0 Å². The van der Waals surface area contributed by atoms with Crippen molar-refractivity contribution in [2.24, 2.45) is 5.92 Å². The Balaban J connectivity index is 1.41. The molecule has 22 heavy (non-hydrogen) atoms. The van der Waals surface area contributed by atoms with E-state index in [9.17, 15) is 9.59 Å². The third-order valence-electron chi connectivity index (χ3n) is 5.41. The fraction of sp³-hybridized carbons (Fsp3) is 0.882. The van der Waals surface area contributed by atoms with Crippen LogP contribution >= 0.6 is 0 Å². The summed E-state index contributed by atoms with van der Waals surface area (Å²) in [4.78, 5) is 26.6. The fourth-order valence-electron chi connectivity index (χ4n) is 4.13. The predicted octanol–water partition coefficient (Wildman–Crippen LogP) is 1.43. The molecule has 0 radical (unpaired) electrons. The number of rotatable bonds is 4. The van der Waals surface area contributed by atoms with Gasteiger partial charge in [0, 0.05) is 37.5 Å². The van der Waals surface area contributed by atoms with Crippen LogP contribution in [0.15, 0.2) is 0 Å². The van der Waals surface area contributed by atoms with Gasteiger partial charge >= 0.3 is 0 Å². The van der Waals surface area contributed by atoms with Crippen LogP contribution in [0, 0.1) is 5.92 Å². The van der Waals surface area contributed by atoms with Crippen LogP contribution in [0.25, 0.3) is 0 Å². The lowest BCUT2D eigenvalue weighted by Crippen LogP contribution is -2.42. The SMILES string of the molecule is O=C(CC1CCCN1)NC1CCN(C(=O)C2CCCCC2)C1. The number of carbonyl (C=O) groups excluding carboxylic acids is 2. The Labute approximate surface area is 133 Å². The van der Waals surface area contributed by atoms with E-state index in [1.807, 2.05) is 4.90 Å². The number of nitrogens with zero attached hydrogens (tertiary/aromatic N) is 1. The van der Waals surface area contributed by atoms with E-state index in [0.717, 1.165) is 38.8 Å². The number of carbonyl (C=O) groups is 2. The van der Waals surface area contributed by atoms with Crippen LogP contribution in [0.4, 0.5) is 0 Å². The summed E-state index contributed by atoms with van der Waals surface area (Å²) in [5.74, 6) is 0.705. The number of hydrogen-bond donors (Lipinski definition) is 2. The fourth-order valence-corrected chi connectivity index (χ4v) is 4.13. The molecule has 124 valence electrons. The number of amides is 2. The molecule has 5 nitrogen and oxygen atoms in total. The Morgan fingerprint density at radius 1 is 1.05 bits per heavy atom. The van der Waals surface area contributed by atoms with E-state index in [0.29, 0.717) is 24.9 Å². The van der Waals surface area contributed by atoms with Crippen LogP contribution in [0.2, 0.25) is 0 Å². The normalized spacial score (nSPS) is 29.7. The lowest BCUT2D eigenvalue weighted by molar-refractivity contribution is -0.135. The van der Waals surface area contributed by atoms with Gasteiger partial charge in [-0.25, -0.2) is 0 Å². The summed E-state index contributed by atoms with van der Waals surface area (Å²) in [5, 5.41) is 6.48. The Kier molecular flexibility index (Phi) is 5.34. The van der Waals surface area contributed by atoms with Gasteiger partial charge in [0.1, 0.15) is 0 Å². The second-order valence-corrected chi connectivity index (χ2v) is 7.17. The summed E-state index contributed by atoms with van der Waals surface area (Å²) in [6, 6.07) is 0.503. The smallest absolute Gasteiger partial charge is 0.225 e. The monoisotopic (exact) mass is 307 g/mol. The molecular weight excluding hydrogens is 278 g/mol. The van der Waals surface area contributed by atoms with Crippen LogP contribution in [0.1, 0.15) is 57.8 Å². The van der Waals surface area contributed by atoms with Gasteiger partial charge < -0.3 is 15.5 Å². The maximum Gasteiger partial charge on any atom is 0.225 e. The van der Waals surface area contributed by atoms with Crippen molar-refractivity contribution in [3.8, 4) is 0 Å². The van der Waals surface area contributed by atoms with Crippen molar-refractivity contribution in [3.63, 3.8) is 0 Å². The maximum absolute atomic E-state index is 12.5. The minimum Gasteiger partial charge on any atom is -0.351 e. The Bertz CT molecular complexity index is 401. The van der Waals surface area contributed by atoms with Gasteiger partial charge in [-0.15, -0.1) is 0 Å². The molecule has 0 bridgehead atoms. The van der Waals surface area contributed by atoms with E-state index in [-0.39, 0.29) is 17.9 Å². The first-order valence-electron chi connectivity index (χ1n) is 9.04. The summed E-state index contributed by atoms with van der Waals surface area (Å²) in [5.41, 5.74) is 0. The number of hydrogen-bond acceptors (Lipinski definition) is 3. The van der Waals surface area contributed by atoms with E-state index in [4.69, 9.17) is 0 Å². The summed E-state index contributed by atoms with van der Waals surface area (Å²) < 4.78 is 0. The van der Waals surface area contributed by atoms with Gasteiger partial charge in [-0.2, -0.15) is 0 Å². The minimum absolute atomic E-state index is 0.136. The third-order valence-corrected chi connectivity index (χ3v) is 5.41. The molecule has 2 saturated heterocycles. The van der Waals surface area contributed by atoms with Crippen molar-refractivity contribution in [1.29, 1.82) is 0 Å². The van der Waals surface area contributed by atoms with Gasteiger partial charge in [-0.3, -0.25) is 9.59 Å². The molecule has 2 atom stereocenters. The van der Waals surface area contributed by atoms with E-state index in [1.54, 1.807) is 0 Å². The van der Waals surface area contributed by atoms with Crippen molar-refractivity contribution >= 4 is 11.8 Å². The highest BCUT2D eigenvalue weighted by Gasteiger charge is 2.32. The summed E-state index contributed by atoms with van der Waals surface area (Å²) >= 11 is 0. The van der Waals surface area contributed by atoms with Crippen LogP contribution in [-0.4, -0.2) is 48.4 Å². The van der Waals surface area contributed by atoms with Gasteiger partial charge in [0.2, 0.25) is 11.8 Å². The zero-order valence-electron chi connectivity index (χ0n) is 13.5. The topological polar surface area (TPSA) is 61.4 Å². The van der Waals surface area contributed by atoms with Crippen LogP contribution in [0.3, 0.4) is 0 Å². The first-order chi connectivity index (χ1) is 10.7. The predicted molar refractivity (Wildman–Crippen MR) is 85.3 cm³/mol. The van der Waals surface area contributed by atoms with Crippen LogP contribution < -0.4 is 10.6 Å². The Morgan fingerprint density at radius 3 is 2.59 bits per heavy atom. The summed E-state index contributed by atoms with van der Waals surface area (Å²) in [7, 11) is 0. The Morgan fingerprint density at radius 2 is 1.86 bits per heavy atom. The molecule has 3 fully saturated rings. The molecule has 0 aromatic rings. The number of nitrogens with one attached hydrogen (secondary N) is 2. The minimum atomic E-state index is 0.136. The highest BCUT2D eigenvalue weighted by molar-refractivity contribution is 5.80. The van der Waals surface area contributed by atoms with Crippen molar-refractivity contribution < 1.29 is 9.59 Å². The third kappa shape index (κ3) is 4.00. The lowest BCUT2D eigenvalue weighted by atomic mass is 9.88. The molecule has 2 unspecified atom stereocenters. The Hall–Kier alpha value is -1.10. The van der Waals surface area contributed by atoms with Gasteiger partial charge in [0.05, 0.1) is 0 Å². The lowest BCUT2D eigenvalue weighted by Gasteiger charge is -2.26. The molecule has 2 amide bonds. The molecule has 1 aliphatic carbocycles. The maximum atomic E-state index is 12.5. The summed E-state index contributed by atoms with van der Waals surface area (Å²) in [6.07, 6.45) is 9.53. The van der Waals surface area contributed by atoms with Crippen molar-refractivity contribution in [2.75, 3.05) is 19.6 Å². The van der Waals surface area contributed by atoms with Gasteiger partial charge in [-0.05, 0) is 38.6 Å². The molecule has 0 aromatic carbocycles. The van der Waals surface area contributed by atoms with Crippen molar-refractivity contribution in [3.05, 3.63) is 0 Å². The van der Waals surface area contributed by atoms with Crippen LogP contribution in [0.5, 0.6) is 0 Å². The first-order valence-corrected chi connectivity index (χ1v) is 9.04. The largest absolute Gasteiger partial charge is 0.351 e. The highest BCUT2D eigenvalue weighted by Crippen LogP contribution is 2.26. The highest BCUT2D eigenvalue weighted by atomic mass is 16.2. The van der Waals surface area contributed by atoms with E-state index < -0.39 is 0 Å². The molecule has 1 saturated carbocycles. The second kappa shape index (κ2) is 7.44. The van der Waals surface area contributed by atoms with E-state index >= 15 is 0 Å². The molecule has 0 aromatic heterocycles. The van der Waals surface area contributed by atoms with Gasteiger partial charge in [-0.1, -0.05) is 19.3 Å². The van der Waals surface area contributed by atoms with Crippen molar-refractivity contribution in [1.82, 2.24) is 15.5 Å². The standard InChI is InChI=1S/C17H29N3O2/c21-16(11-14-7-4-9-18-14)19-15-8-10-20(12-15)17(22)13-5-2-1-3-6-13/h13-15,18H,1-12H2,(H,19,21). The molecular formula is C17H29N3O2. The molecule has 2 heterocycles. The molecule has 2 aliphatic heterocycles. The zero-order valence-corrected chi connectivity index (χ0v) is 13.5. The average molecular weight is 307 g/mol. The molecule has 5 heteroatoms. The zero-order chi connectivity index (χ0) is 15.4. The molecule has 3 aliphatic rings. The van der Waals surface area contributed by atoms with E-state index in [1.165, 1.54) is 25.7 Å². The van der Waals surface area contributed by atoms with E-state index in [2.05, 4.69) is 10.6 Å².